The number of ketones is 1. The monoisotopic (exact) mass is 369 g/mol. The molecule has 5 atom stereocenters. The summed E-state index contributed by atoms with van der Waals surface area (Å²) in [6, 6.07) is 9.14. The van der Waals surface area contributed by atoms with Crippen molar-refractivity contribution in [1.82, 2.24) is 0 Å². The van der Waals surface area contributed by atoms with Crippen LogP contribution in [0.3, 0.4) is 0 Å². The molecule has 1 aromatic rings. The van der Waals surface area contributed by atoms with E-state index in [2.05, 4.69) is 77.9 Å². The van der Waals surface area contributed by atoms with Crippen LogP contribution in [0.2, 0.25) is 0 Å². The van der Waals surface area contributed by atoms with Gasteiger partial charge in [0.2, 0.25) is 0 Å². The van der Waals surface area contributed by atoms with Crippen molar-refractivity contribution in [3.63, 3.8) is 0 Å². The maximum Gasteiger partial charge on any atom is 0.139 e. The number of rotatable bonds is 5. The van der Waals surface area contributed by atoms with Gasteiger partial charge in [0.15, 0.2) is 0 Å². The van der Waals surface area contributed by atoms with Crippen LogP contribution in [0.5, 0.6) is 0 Å². The SMILES string of the molecule is CCCC(C)(C)C1C(c2ccc(N(C)C)cc2)CC2(C)C(=O)CCC2C1C. The largest absolute Gasteiger partial charge is 0.378 e. The molecule has 0 bridgehead atoms. The van der Waals surface area contributed by atoms with Gasteiger partial charge in [-0.2, -0.15) is 0 Å². The van der Waals surface area contributed by atoms with Crippen LogP contribution in [0, 0.1) is 28.6 Å². The van der Waals surface area contributed by atoms with Crippen molar-refractivity contribution in [3.8, 4) is 0 Å². The van der Waals surface area contributed by atoms with Gasteiger partial charge in [0.1, 0.15) is 5.78 Å². The Balaban J connectivity index is 2.04. The first-order valence-corrected chi connectivity index (χ1v) is 10.9. The Bertz CT molecular complexity index is 674. The molecule has 0 saturated heterocycles. The summed E-state index contributed by atoms with van der Waals surface area (Å²) in [4.78, 5) is 15.0. The fraction of sp³-hybridized carbons (Fsp3) is 0.720. The second kappa shape index (κ2) is 7.26. The lowest BCUT2D eigenvalue weighted by molar-refractivity contribution is -0.132. The molecular weight excluding hydrogens is 330 g/mol. The Kier molecular flexibility index (Phi) is 5.49. The Morgan fingerprint density at radius 1 is 1.19 bits per heavy atom. The highest BCUT2D eigenvalue weighted by atomic mass is 16.1. The minimum absolute atomic E-state index is 0.122. The van der Waals surface area contributed by atoms with Crippen LogP contribution in [-0.4, -0.2) is 19.9 Å². The lowest BCUT2D eigenvalue weighted by Crippen LogP contribution is -2.48. The Morgan fingerprint density at radius 2 is 1.81 bits per heavy atom. The topological polar surface area (TPSA) is 20.3 Å². The molecule has 2 heteroatoms. The zero-order valence-electron chi connectivity index (χ0n) is 18.5. The van der Waals surface area contributed by atoms with Crippen LogP contribution >= 0.6 is 0 Å². The van der Waals surface area contributed by atoms with Gasteiger partial charge in [-0.25, -0.2) is 0 Å². The van der Waals surface area contributed by atoms with Crippen molar-refractivity contribution in [2.24, 2.45) is 28.6 Å². The van der Waals surface area contributed by atoms with E-state index >= 15 is 0 Å². The Morgan fingerprint density at radius 3 is 2.37 bits per heavy atom. The van der Waals surface area contributed by atoms with Crippen LogP contribution in [0.1, 0.15) is 78.2 Å². The van der Waals surface area contributed by atoms with Crippen LogP contribution in [0.25, 0.3) is 0 Å². The fourth-order valence-electron chi connectivity index (χ4n) is 6.82. The van der Waals surface area contributed by atoms with Gasteiger partial charge in [0.25, 0.3) is 0 Å². The number of hydrogen-bond donors (Lipinski definition) is 0. The summed E-state index contributed by atoms with van der Waals surface area (Å²) in [5, 5.41) is 0. The van der Waals surface area contributed by atoms with Gasteiger partial charge in [0, 0.05) is 31.6 Å². The minimum atomic E-state index is -0.122. The molecule has 2 aliphatic rings. The predicted octanol–water partition coefficient (Wildman–Crippen LogP) is 6.30. The third-order valence-electron chi connectivity index (χ3n) is 8.05. The molecular formula is C25H39NO. The van der Waals surface area contributed by atoms with E-state index in [1.54, 1.807) is 0 Å². The number of Topliss-reactive ketones (excluding diaryl/α,β-unsaturated/α-hetero) is 1. The molecule has 0 spiro atoms. The molecule has 0 heterocycles. The highest BCUT2D eigenvalue weighted by molar-refractivity contribution is 5.87. The molecule has 27 heavy (non-hydrogen) atoms. The molecule has 0 amide bonds. The van der Waals surface area contributed by atoms with Gasteiger partial charge in [-0.1, -0.05) is 53.2 Å². The number of anilines is 1. The molecule has 0 aromatic heterocycles. The van der Waals surface area contributed by atoms with E-state index in [-0.39, 0.29) is 5.41 Å². The molecule has 0 aliphatic heterocycles. The van der Waals surface area contributed by atoms with E-state index in [1.807, 2.05) is 0 Å². The molecule has 2 saturated carbocycles. The summed E-state index contributed by atoms with van der Waals surface area (Å²) < 4.78 is 0. The van der Waals surface area contributed by atoms with Gasteiger partial charge in [-0.15, -0.1) is 0 Å². The van der Waals surface area contributed by atoms with Crippen LogP contribution < -0.4 is 4.90 Å². The second-order valence-electron chi connectivity index (χ2n) is 10.4. The zero-order chi connectivity index (χ0) is 20.0. The summed E-state index contributed by atoms with van der Waals surface area (Å²) in [5.41, 5.74) is 2.85. The normalized spacial score (nSPS) is 33.8. The number of fused-ring (bicyclic) bond motifs is 1. The highest BCUT2D eigenvalue weighted by Crippen LogP contribution is 2.62. The molecule has 2 nitrogen and oxygen atoms in total. The van der Waals surface area contributed by atoms with Crippen molar-refractivity contribution in [2.45, 2.75) is 72.6 Å². The van der Waals surface area contributed by atoms with E-state index < -0.39 is 0 Å². The molecule has 5 unspecified atom stereocenters. The van der Waals surface area contributed by atoms with Crippen LogP contribution in [0.15, 0.2) is 24.3 Å². The summed E-state index contributed by atoms with van der Waals surface area (Å²) in [5.74, 6) is 2.77. The summed E-state index contributed by atoms with van der Waals surface area (Å²) in [6.45, 7) is 12.0. The summed E-state index contributed by atoms with van der Waals surface area (Å²) in [7, 11) is 4.18. The van der Waals surface area contributed by atoms with E-state index in [0.29, 0.717) is 34.9 Å². The minimum Gasteiger partial charge on any atom is -0.378 e. The van der Waals surface area contributed by atoms with E-state index in [0.717, 1.165) is 19.3 Å². The summed E-state index contributed by atoms with van der Waals surface area (Å²) in [6.07, 6.45) is 5.40. The lowest BCUT2D eigenvalue weighted by Gasteiger charge is -2.54. The van der Waals surface area contributed by atoms with Crippen LogP contribution in [-0.2, 0) is 4.79 Å². The van der Waals surface area contributed by atoms with Crippen molar-refractivity contribution >= 4 is 11.5 Å². The number of nitrogens with zero attached hydrogens (tertiary/aromatic N) is 1. The number of carbonyl (C=O) groups excluding carboxylic acids is 1. The smallest absolute Gasteiger partial charge is 0.139 e. The molecule has 0 N–H and O–H groups in total. The van der Waals surface area contributed by atoms with Crippen molar-refractivity contribution in [3.05, 3.63) is 29.8 Å². The first kappa shape index (κ1) is 20.4. The highest BCUT2D eigenvalue weighted by Gasteiger charge is 2.57. The molecule has 0 radical (unpaired) electrons. The van der Waals surface area contributed by atoms with Crippen molar-refractivity contribution in [1.29, 1.82) is 0 Å². The molecule has 150 valence electrons. The first-order chi connectivity index (χ1) is 12.6. The summed E-state index contributed by atoms with van der Waals surface area (Å²) >= 11 is 0. The van der Waals surface area contributed by atoms with E-state index in [9.17, 15) is 4.79 Å². The zero-order valence-corrected chi connectivity index (χ0v) is 18.5. The molecule has 2 aliphatic carbocycles. The van der Waals surface area contributed by atoms with Crippen LogP contribution in [0.4, 0.5) is 5.69 Å². The van der Waals surface area contributed by atoms with Crippen molar-refractivity contribution in [2.75, 3.05) is 19.0 Å². The first-order valence-electron chi connectivity index (χ1n) is 10.9. The van der Waals surface area contributed by atoms with Gasteiger partial charge >= 0.3 is 0 Å². The molecule has 2 fully saturated rings. The van der Waals surface area contributed by atoms with Gasteiger partial charge < -0.3 is 4.90 Å². The average Bonchev–Trinajstić information content (AvgIpc) is 2.90. The van der Waals surface area contributed by atoms with Gasteiger partial charge in [-0.3, -0.25) is 4.79 Å². The Hall–Kier alpha value is -1.31. The third kappa shape index (κ3) is 3.45. The van der Waals surface area contributed by atoms with Gasteiger partial charge in [0.05, 0.1) is 0 Å². The molecule has 1 aromatic carbocycles. The fourth-order valence-corrected chi connectivity index (χ4v) is 6.82. The maximum absolute atomic E-state index is 12.9. The second-order valence-corrected chi connectivity index (χ2v) is 10.4. The standard InChI is InChI=1S/C25H39NO/c1-8-15-24(3,4)23-17(2)21-13-14-22(27)25(21,5)16-20(23)18-9-11-19(12-10-18)26(6)7/h9-12,17,20-21,23H,8,13-16H2,1-7H3. The number of carbonyl (C=O) groups is 1. The predicted molar refractivity (Wildman–Crippen MR) is 115 cm³/mol. The van der Waals surface area contributed by atoms with Crippen molar-refractivity contribution < 1.29 is 4.79 Å². The molecule has 3 rings (SSSR count). The Labute approximate surface area is 166 Å². The third-order valence-corrected chi connectivity index (χ3v) is 8.05. The van der Waals surface area contributed by atoms with E-state index in [1.165, 1.54) is 24.1 Å². The lowest BCUT2D eigenvalue weighted by atomic mass is 9.50. The van der Waals surface area contributed by atoms with E-state index in [4.69, 9.17) is 0 Å². The quantitative estimate of drug-likeness (QED) is 0.606. The number of hydrogen-bond acceptors (Lipinski definition) is 2. The number of benzene rings is 1. The average molecular weight is 370 g/mol. The van der Waals surface area contributed by atoms with Gasteiger partial charge in [-0.05, 0) is 66.0 Å². The maximum atomic E-state index is 12.9.